The lowest BCUT2D eigenvalue weighted by Crippen LogP contribution is -2.39. The number of imide groups is 1. The average Bonchev–Trinajstić information content (AvgIpc) is 1.23. The van der Waals surface area contributed by atoms with E-state index in [0.29, 0.717) is 53.1 Å². The van der Waals surface area contributed by atoms with Crippen molar-refractivity contribution in [2.75, 3.05) is 5.32 Å². The van der Waals surface area contributed by atoms with Gasteiger partial charge in [-0.15, -0.1) is 5.10 Å². The summed E-state index contributed by atoms with van der Waals surface area (Å²) < 4.78 is 16.7. The first-order valence-electron chi connectivity index (χ1n) is 28.6. The Labute approximate surface area is 500 Å². The van der Waals surface area contributed by atoms with Crippen LogP contribution in [0, 0.1) is 6.92 Å². The molecule has 9 aromatic carbocycles. The molecule has 2 atom stereocenters. The predicted molar refractivity (Wildman–Crippen MR) is 336 cm³/mol. The molecule has 0 radical (unpaired) electrons. The highest BCUT2D eigenvalue weighted by Gasteiger charge is 2.42. The van der Waals surface area contributed by atoms with E-state index in [0.717, 1.165) is 103 Å². The number of aryl methyl sites for hydroxylation is 2. The average molecular weight is 1150 g/mol. The third-order valence-electron chi connectivity index (χ3n) is 15.6. The number of rotatable bonds is 19. The van der Waals surface area contributed by atoms with E-state index in [-0.39, 0.29) is 17.1 Å². The molecule has 13 rings (SSSR count). The van der Waals surface area contributed by atoms with Gasteiger partial charge >= 0.3 is 0 Å². The predicted octanol–water partition coefficient (Wildman–Crippen LogP) is 14.5. The molecule has 1 fully saturated rings. The van der Waals surface area contributed by atoms with Gasteiger partial charge in [0.05, 0.1) is 27.3 Å². The minimum Gasteiger partial charge on any atom is -0.483 e. The Bertz CT molecular complexity index is 4340. The quantitative estimate of drug-likeness (QED) is 0.0655. The normalized spacial score (nSPS) is 13.7. The molecule has 0 bridgehead atoms. The highest BCUT2D eigenvalue weighted by molar-refractivity contribution is 8.15. The van der Waals surface area contributed by atoms with Crippen LogP contribution in [0.1, 0.15) is 81.8 Å². The van der Waals surface area contributed by atoms with E-state index in [9.17, 15) is 14.4 Å². The molecule has 1 aliphatic heterocycles. The first kappa shape index (κ1) is 54.8. The van der Waals surface area contributed by atoms with Crippen molar-refractivity contribution in [2.45, 2.75) is 63.5 Å². The minimum atomic E-state index is -0.906. The Morgan fingerprint density at radius 3 is 1.98 bits per heavy atom. The largest absolute Gasteiger partial charge is 0.483 e. The Morgan fingerprint density at radius 2 is 1.33 bits per heavy atom. The molecule has 86 heavy (non-hydrogen) atoms. The second kappa shape index (κ2) is 23.7. The molecule has 1 saturated heterocycles. The second-order valence-corrected chi connectivity index (χ2v) is 22.5. The molecule has 2 unspecified atom stereocenters. The summed E-state index contributed by atoms with van der Waals surface area (Å²) in [7, 11) is 0. The first-order chi connectivity index (χ1) is 42.1. The van der Waals surface area contributed by atoms with Gasteiger partial charge in [-0.25, -0.2) is 14.6 Å². The maximum Gasteiger partial charge on any atom is 0.286 e. The van der Waals surface area contributed by atoms with Crippen molar-refractivity contribution in [1.82, 2.24) is 45.0 Å². The number of hydrogen-bond acceptors (Lipinski definition) is 11. The molecule has 4 heterocycles. The SMILES string of the molecule is CCCc1nc2c(C)cc(C(=O)Nc3ccc(Oc4ccc5nc(C(C)Oc6ccc(CC7SC(=O)NC7=O)cc6)[nH]c5c4)cc3)cc2n1Cc1ccc(-c2ccccc2-c2nnnn2C(c2ccccc2)(c2ccccc2)c2ccccc2)cc1. The summed E-state index contributed by atoms with van der Waals surface area (Å²) in [6.45, 7) is 6.63. The van der Waals surface area contributed by atoms with Gasteiger partial charge in [0.1, 0.15) is 34.4 Å². The summed E-state index contributed by atoms with van der Waals surface area (Å²) in [6.07, 6.45) is 1.75. The molecule has 424 valence electrons. The van der Waals surface area contributed by atoms with Gasteiger partial charge in [0.15, 0.2) is 11.9 Å². The fourth-order valence-corrected chi connectivity index (χ4v) is 12.3. The van der Waals surface area contributed by atoms with Crippen LogP contribution in [0.4, 0.5) is 10.5 Å². The molecule has 15 nitrogen and oxygen atoms in total. The van der Waals surface area contributed by atoms with E-state index in [1.165, 1.54) is 0 Å². The zero-order chi connectivity index (χ0) is 58.7. The van der Waals surface area contributed by atoms with Crippen LogP contribution in [-0.4, -0.2) is 62.0 Å². The van der Waals surface area contributed by atoms with Gasteiger partial charge in [0.25, 0.3) is 11.1 Å². The number of aromatic amines is 1. The Morgan fingerprint density at radius 1 is 0.698 bits per heavy atom. The van der Waals surface area contributed by atoms with Crippen LogP contribution >= 0.6 is 11.8 Å². The molecule has 16 heteroatoms. The number of H-pyrrole nitrogens is 1. The van der Waals surface area contributed by atoms with Crippen molar-refractivity contribution in [3.8, 4) is 39.8 Å². The van der Waals surface area contributed by atoms with E-state index in [1.807, 2.05) is 128 Å². The van der Waals surface area contributed by atoms with Crippen molar-refractivity contribution in [2.24, 2.45) is 0 Å². The van der Waals surface area contributed by atoms with Crippen LogP contribution in [0.2, 0.25) is 0 Å². The zero-order valence-electron chi connectivity index (χ0n) is 47.3. The van der Waals surface area contributed by atoms with Crippen LogP contribution in [0.3, 0.4) is 0 Å². The smallest absolute Gasteiger partial charge is 0.286 e. The number of nitrogens with zero attached hydrogens (tertiary/aromatic N) is 7. The maximum absolute atomic E-state index is 14.1. The number of ether oxygens (including phenoxy) is 2. The molecular weight excluding hydrogens is 1090 g/mol. The van der Waals surface area contributed by atoms with Gasteiger partial charge in [-0.2, -0.15) is 0 Å². The number of amides is 3. The van der Waals surface area contributed by atoms with Gasteiger partial charge in [0, 0.05) is 35.8 Å². The molecule has 0 spiro atoms. The fraction of sp³-hybridized carbons (Fsp3) is 0.143. The monoisotopic (exact) mass is 1150 g/mol. The third-order valence-corrected chi connectivity index (χ3v) is 16.6. The summed E-state index contributed by atoms with van der Waals surface area (Å²) in [6, 6.07) is 72.5. The van der Waals surface area contributed by atoms with Crippen molar-refractivity contribution >= 4 is 56.6 Å². The van der Waals surface area contributed by atoms with Crippen molar-refractivity contribution < 1.29 is 23.9 Å². The van der Waals surface area contributed by atoms with Crippen molar-refractivity contribution in [3.05, 3.63) is 269 Å². The summed E-state index contributed by atoms with van der Waals surface area (Å²) in [5.74, 6) is 3.59. The van der Waals surface area contributed by atoms with E-state index >= 15 is 0 Å². The maximum atomic E-state index is 14.1. The molecule has 3 amide bonds. The number of nitrogens with one attached hydrogen (secondary N) is 3. The number of fused-ring (bicyclic) bond motifs is 2. The number of anilines is 1. The molecule has 1 aliphatic rings. The summed E-state index contributed by atoms with van der Waals surface area (Å²) in [5, 5.41) is 18.7. The highest BCUT2D eigenvalue weighted by Crippen LogP contribution is 2.44. The highest BCUT2D eigenvalue weighted by atomic mass is 32.2. The topological polar surface area (TPSA) is 184 Å². The van der Waals surface area contributed by atoms with Crippen LogP contribution in [0.15, 0.2) is 218 Å². The van der Waals surface area contributed by atoms with Crippen LogP contribution < -0.4 is 20.1 Å². The van der Waals surface area contributed by atoms with E-state index in [1.54, 1.807) is 0 Å². The summed E-state index contributed by atoms with van der Waals surface area (Å²) >= 11 is 1.02. The number of carbonyl (C=O) groups is 3. The summed E-state index contributed by atoms with van der Waals surface area (Å²) in [4.78, 5) is 51.0. The summed E-state index contributed by atoms with van der Waals surface area (Å²) in [5.41, 5.74) is 12.4. The van der Waals surface area contributed by atoms with E-state index in [4.69, 9.17) is 29.8 Å². The number of aromatic nitrogens is 8. The molecule has 0 saturated carbocycles. The van der Waals surface area contributed by atoms with Crippen LogP contribution in [0.25, 0.3) is 44.6 Å². The molecule has 3 aromatic heterocycles. The molecule has 12 aromatic rings. The molecule has 0 aliphatic carbocycles. The number of benzene rings is 9. The lowest BCUT2D eigenvalue weighted by atomic mass is 9.77. The van der Waals surface area contributed by atoms with Crippen LogP contribution in [-0.2, 0) is 29.7 Å². The molecule has 3 N–H and O–H groups in total. The number of carbonyl (C=O) groups excluding carboxylic acids is 3. The van der Waals surface area contributed by atoms with E-state index < -0.39 is 16.9 Å². The Balaban J connectivity index is 0.701. The number of imidazole rings is 2. The van der Waals surface area contributed by atoms with Gasteiger partial charge in [0.2, 0.25) is 5.91 Å². The fourth-order valence-electron chi connectivity index (χ4n) is 11.5. The first-order valence-corrected chi connectivity index (χ1v) is 29.5. The lowest BCUT2D eigenvalue weighted by Gasteiger charge is -2.36. The number of thioether (sulfide) groups is 1. The third kappa shape index (κ3) is 10.9. The standard InChI is InChI=1S/C70H58N10O5S/c1-4-16-63-74-64-44(2)39-49(67(81)71-53-31-35-55(36-32-53)85-56-37-38-59-60(42-56)73-65(72-59)45(3)84-54-33-27-46(28-34-54)40-62-68(82)75-69(83)86-62)41-61(64)79(63)43-47-25-29-48(30-26-47)57-23-14-15-24-58(57)66-76-77-78-80(66)70(50-17-8-5-9-18-50,51-19-10-6-11-20-51)52-21-12-7-13-22-52/h5-15,17-39,41-42,45,62H,4,16,40,43H2,1-3H3,(H,71,81)(H,72,73)(H,75,82,83). The minimum absolute atomic E-state index is 0.237. The van der Waals surface area contributed by atoms with Gasteiger partial charge < -0.3 is 24.3 Å². The number of tetrazole rings is 1. The van der Waals surface area contributed by atoms with Crippen molar-refractivity contribution in [3.63, 3.8) is 0 Å². The van der Waals surface area contributed by atoms with Gasteiger partial charge in [-0.3, -0.25) is 19.7 Å². The Hall–Kier alpha value is -10.5. The van der Waals surface area contributed by atoms with E-state index in [2.05, 4.69) is 142 Å². The van der Waals surface area contributed by atoms with Crippen molar-refractivity contribution in [1.29, 1.82) is 0 Å². The zero-order valence-corrected chi connectivity index (χ0v) is 48.2. The molecular formula is C70H58N10O5S. The van der Waals surface area contributed by atoms with Crippen LogP contribution in [0.5, 0.6) is 17.2 Å². The van der Waals surface area contributed by atoms with Gasteiger partial charge in [-0.1, -0.05) is 170 Å². The Kier molecular flexibility index (Phi) is 15.1. The number of hydrogen-bond donors (Lipinski definition) is 3. The lowest BCUT2D eigenvalue weighted by molar-refractivity contribution is -0.118. The van der Waals surface area contributed by atoms with Gasteiger partial charge in [-0.05, 0) is 142 Å². The second-order valence-electron chi connectivity index (χ2n) is 21.4.